The summed E-state index contributed by atoms with van der Waals surface area (Å²) in [4.78, 5) is 22.3. The van der Waals surface area contributed by atoms with Crippen LogP contribution < -0.4 is 10.5 Å². The Labute approximate surface area is 117 Å². The van der Waals surface area contributed by atoms with Crippen LogP contribution in [0.1, 0.15) is 18.4 Å². The second-order valence-corrected chi connectivity index (χ2v) is 4.46. The lowest BCUT2D eigenvalue weighted by Gasteiger charge is -2.14. The molecule has 1 fully saturated rings. The SMILES string of the molecule is COc1ccncc1CO/N=C(\N)CN1CCCC1=O. The second-order valence-electron chi connectivity index (χ2n) is 4.46. The maximum Gasteiger partial charge on any atom is 0.223 e. The van der Waals surface area contributed by atoms with Gasteiger partial charge in [-0.3, -0.25) is 9.78 Å². The molecule has 2 heterocycles. The third-order valence-electron chi connectivity index (χ3n) is 3.00. The normalized spacial score (nSPS) is 15.6. The summed E-state index contributed by atoms with van der Waals surface area (Å²) < 4.78 is 5.17. The van der Waals surface area contributed by atoms with Gasteiger partial charge in [-0.2, -0.15) is 0 Å². The van der Waals surface area contributed by atoms with Gasteiger partial charge in [0.1, 0.15) is 12.4 Å². The first-order chi connectivity index (χ1) is 9.70. The number of carbonyl (C=O) groups is 1. The van der Waals surface area contributed by atoms with Gasteiger partial charge in [-0.25, -0.2) is 0 Å². The Bertz CT molecular complexity index is 504. The largest absolute Gasteiger partial charge is 0.496 e. The Balaban J connectivity index is 1.84. The highest BCUT2D eigenvalue weighted by Gasteiger charge is 2.20. The fraction of sp³-hybridized carbons (Fsp3) is 0.462. The number of nitrogens with zero attached hydrogens (tertiary/aromatic N) is 3. The lowest BCUT2D eigenvalue weighted by atomic mass is 10.3. The minimum absolute atomic E-state index is 0.108. The van der Waals surface area contributed by atoms with Gasteiger partial charge in [-0.15, -0.1) is 0 Å². The van der Waals surface area contributed by atoms with Crippen LogP contribution in [0.3, 0.4) is 0 Å². The Hall–Kier alpha value is -2.31. The summed E-state index contributed by atoms with van der Waals surface area (Å²) in [5, 5.41) is 3.81. The van der Waals surface area contributed by atoms with E-state index in [-0.39, 0.29) is 18.3 Å². The number of aromatic nitrogens is 1. The van der Waals surface area contributed by atoms with E-state index in [0.717, 1.165) is 18.5 Å². The van der Waals surface area contributed by atoms with E-state index in [1.807, 2.05) is 0 Å². The molecule has 0 radical (unpaired) electrons. The van der Waals surface area contributed by atoms with Crippen LogP contribution in [0.15, 0.2) is 23.6 Å². The lowest BCUT2D eigenvalue weighted by Crippen LogP contribution is -2.34. The van der Waals surface area contributed by atoms with E-state index < -0.39 is 0 Å². The van der Waals surface area contributed by atoms with Crippen LogP contribution in [0.4, 0.5) is 0 Å². The Kier molecular flexibility index (Phi) is 4.75. The number of methoxy groups -OCH3 is 1. The molecule has 7 heteroatoms. The number of amides is 1. The molecule has 0 aliphatic carbocycles. The first kappa shape index (κ1) is 14.1. The van der Waals surface area contributed by atoms with E-state index in [9.17, 15) is 4.79 Å². The lowest BCUT2D eigenvalue weighted by molar-refractivity contribution is -0.127. The number of ether oxygens (including phenoxy) is 1. The van der Waals surface area contributed by atoms with Crippen LogP contribution in [0, 0.1) is 0 Å². The number of hydrogen-bond donors (Lipinski definition) is 1. The molecular formula is C13H18N4O3. The Morgan fingerprint density at radius 1 is 1.60 bits per heavy atom. The quantitative estimate of drug-likeness (QED) is 0.465. The highest BCUT2D eigenvalue weighted by Crippen LogP contribution is 2.16. The molecule has 0 unspecified atom stereocenters. The maximum absolute atomic E-state index is 11.4. The molecule has 2 rings (SSSR count). The molecule has 0 saturated carbocycles. The zero-order valence-electron chi connectivity index (χ0n) is 11.4. The molecule has 108 valence electrons. The smallest absolute Gasteiger partial charge is 0.223 e. The van der Waals surface area contributed by atoms with Crippen molar-refractivity contribution in [2.75, 3.05) is 20.2 Å². The molecule has 20 heavy (non-hydrogen) atoms. The van der Waals surface area contributed by atoms with Crippen molar-refractivity contribution in [3.63, 3.8) is 0 Å². The van der Waals surface area contributed by atoms with Crippen molar-refractivity contribution in [1.29, 1.82) is 0 Å². The number of pyridine rings is 1. The highest BCUT2D eigenvalue weighted by atomic mass is 16.6. The van der Waals surface area contributed by atoms with E-state index >= 15 is 0 Å². The molecule has 1 aromatic heterocycles. The van der Waals surface area contributed by atoms with Gasteiger partial charge in [0.25, 0.3) is 0 Å². The van der Waals surface area contributed by atoms with Crippen molar-refractivity contribution < 1.29 is 14.4 Å². The van der Waals surface area contributed by atoms with E-state index in [1.54, 1.807) is 30.5 Å². The number of oxime groups is 1. The van der Waals surface area contributed by atoms with Gasteiger partial charge in [-0.1, -0.05) is 5.16 Å². The van der Waals surface area contributed by atoms with Crippen LogP contribution >= 0.6 is 0 Å². The fourth-order valence-corrected chi connectivity index (χ4v) is 2.00. The number of rotatable bonds is 6. The summed E-state index contributed by atoms with van der Waals surface area (Å²) in [6.07, 6.45) is 4.74. The Morgan fingerprint density at radius 3 is 3.15 bits per heavy atom. The summed E-state index contributed by atoms with van der Waals surface area (Å²) in [6, 6.07) is 1.74. The molecule has 0 spiro atoms. The highest BCUT2D eigenvalue weighted by molar-refractivity contribution is 5.87. The molecular weight excluding hydrogens is 260 g/mol. The van der Waals surface area contributed by atoms with E-state index in [4.69, 9.17) is 15.3 Å². The van der Waals surface area contributed by atoms with Gasteiger partial charge in [0.15, 0.2) is 5.84 Å². The average molecular weight is 278 g/mol. The number of carbonyl (C=O) groups excluding carboxylic acids is 1. The van der Waals surface area contributed by atoms with Gasteiger partial charge < -0.3 is 20.2 Å². The summed E-state index contributed by atoms with van der Waals surface area (Å²) in [5.41, 5.74) is 6.52. The first-order valence-corrected chi connectivity index (χ1v) is 6.39. The van der Waals surface area contributed by atoms with Gasteiger partial charge in [0.2, 0.25) is 5.91 Å². The zero-order chi connectivity index (χ0) is 14.4. The molecule has 1 aliphatic rings. The maximum atomic E-state index is 11.4. The fourth-order valence-electron chi connectivity index (χ4n) is 2.00. The van der Waals surface area contributed by atoms with Crippen LogP contribution in [-0.4, -0.2) is 41.8 Å². The average Bonchev–Trinajstić information content (AvgIpc) is 2.85. The zero-order valence-corrected chi connectivity index (χ0v) is 11.4. The molecule has 7 nitrogen and oxygen atoms in total. The van der Waals surface area contributed by atoms with Crippen LogP contribution in [0.25, 0.3) is 0 Å². The predicted octanol–water partition coefficient (Wildman–Crippen LogP) is 0.501. The van der Waals surface area contributed by atoms with Crippen molar-refractivity contribution in [1.82, 2.24) is 9.88 Å². The molecule has 0 aromatic carbocycles. The number of nitrogens with two attached hydrogens (primary N) is 1. The van der Waals surface area contributed by atoms with E-state index in [2.05, 4.69) is 10.1 Å². The van der Waals surface area contributed by atoms with Crippen molar-refractivity contribution in [3.8, 4) is 5.75 Å². The minimum Gasteiger partial charge on any atom is -0.496 e. The predicted molar refractivity (Wildman–Crippen MR) is 73.0 cm³/mol. The van der Waals surface area contributed by atoms with Gasteiger partial charge in [-0.05, 0) is 12.5 Å². The summed E-state index contributed by atoms with van der Waals surface area (Å²) in [7, 11) is 1.58. The van der Waals surface area contributed by atoms with Crippen LogP contribution in [0.2, 0.25) is 0 Å². The molecule has 0 bridgehead atoms. The molecule has 1 amide bonds. The van der Waals surface area contributed by atoms with E-state index in [0.29, 0.717) is 18.7 Å². The number of hydrogen-bond acceptors (Lipinski definition) is 5. The van der Waals surface area contributed by atoms with Crippen molar-refractivity contribution in [3.05, 3.63) is 24.0 Å². The van der Waals surface area contributed by atoms with Crippen molar-refractivity contribution in [2.45, 2.75) is 19.4 Å². The summed E-state index contributed by atoms with van der Waals surface area (Å²) in [5.74, 6) is 1.07. The summed E-state index contributed by atoms with van der Waals surface area (Å²) in [6.45, 7) is 1.25. The molecule has 1 aliphatic heterocycles. The van der Waals surface area contributed by atoms with Gasteiger partial charge >= 0.3 is 0 Å². The topological polar surface area (TPSA) is 90.0 Å². The molecule has 1 saturated heterocycles. The van der Waals surface area contributed by atoms with Gasteiger partial charge in [0.05, 0.1) is 19.2 Å². The van der Waals surface area contributed by atoms with Crippen LogP contribution in [-0.2, 0) is 16.2 Å². The second kappa shape index (κ2) is 6.74. The van der Waals surface area contributed by atoms with Crippen LogP contribution in [0.5, 0.6) is 5.75 Å². The number of amidine groups is 1. The third kappa shape index (κ3) is 3.59. The standard InChI is InChI=1S/C13H18N4O3/c1-19-11-4-5-15-7-10(11)9-20-16-12(14)8-17-6-2-3-13(17)18/h4-5,7H,2-3,6,8-9H2,1H3,(H2,14,16). The number of likely N-dealkylation sites (tertiary alicyclic amines) is 1. The molecule has 0 atom stereocenters. The van der Waals surface area contributed by atoms with Crippen molar-refractivity contribution >= 4 is 11.7 Å². The summed E-state index contributed by atoms with van der Waals surface area (Å²) >= 11 is 0. The Morgan fingerprint density at radius 2 is 2.45 bits per heavy atom. The first-order valence-electron chi connectivity index (χ1n) is 6.39. The van der Waals surface area contributed by atoms with Crippen molar-refractivity contribution in [2.24, 2.45) is 10.9 Å². The molecule has 2 N–H and O–H groups in total. The monoisotopic (exact) mass is 278 g/mol. The minimum atomic E-state index is 0.108. The van der Waals surface area contributed by atoms with E-state index in [1.165, 1.54) is 0 Å². The molecule has 1 aromatic rings. The third-order valence-corrected chi connectivity index (χ3v) is 3.00. The van der Waals surface area contributed by atoms with Gasteiger partial charge in [0, 0.05) is 25.4 Å².